The molecule has 0 saturated carbocycles. The Balaban J connectivity index is 1.57. The number of ether oxygens (including phenoxy) is 1. The summed E-state index contributed by atoms with van der Waals surface area (Å²) in [6.45, 7) is 3.03. The van der Waals surface area contributed by atoms with E-state index in [-0.39, 0.29) is 5.91 Å². The minimum absolute atomic E-state index is 0.174. The highest BCUT2D eigenvalue weighted by Gasteiger charge is 2.17. The molecule has 1 aromatic heterocycles. The van der Waals surface area contributed by atoms with Crippen molar-refractivity contribution < 1.29 is 19.1 Å². The number of aryl methyl sites for hydroxylation is 1. The normalized spacial score (nSPS) is 10.3. The molecule has 29 heavy (non-hydrogen) atoms. The van der Waals surface area contributed by atoms with E-state index in [2.05, 4.69) is 10.6 Å². The van der Waals surface area contributed by atoms with Crippen molar-refractivity contribution in [3.8, 4) is 11.1 Å². The first kappa shape index (κ1) is 20.3. The molecule has 0 spiro atoms. The molecule has 0 atom stereocenters. The zero-order chi connectivity index (χ0) is 20.8. The van der Waals surface area contributed by atoms with Crippen LogP contribution in [-0.4, -0.2) is 24.4 Å². The van der Waals surface area contributed by atoms with Crippen LogP contribution in [0.4, 0.5) is 11.4 Å². The standard InChI is InChI=1S/C22H20N2O4S/c1-14-3-5-16(6-4-14)19-11-12-29-21(19)22(27)28-13-20(26)24-18-9-7-17(8-10-18)23-15(2)25/h3-12H,13H2,1-2H3,(H,23,25)(H,24,26). The number of carbonyl (C=O) groups excluding carboxylic acids is 3. The van der Waals surface area contributed by atoms with Crippen LogP contribution in [-0.2, 0) is 14.3 Å². The molecule has 3 rings (SSSR count). The number of amides is 2. The van der Waals surface area contributed by atoms with Crippen molar-refractivity contribution >= 4 is 40.5 Å². The number of thiophene rings is 1. The second kappa shape index (κ2) is 9.16. The van der Waals surface area contributed by atoms with Gasteiger partial charge in [-0.05, 0) is 48.2 Å². The number of esters is 1. The van der Waals surface area contributed by atoms with Crippen LogP contribution in [0.1, 0.15) is 22.2 Å². The van der Waals surface area contributed by atoms with Crippen molar-refractivity contribution in [1.29, 1.82) is 0 Å². The van der Waals surface area contributed by atoms with Gasteiger partial charge in [0.25, 0.3) is 5.91 Å². The van der Waals surface area contributed by atoms with E-state index in [9.17, 15) is 14.4 Å². The van der Waals surface area contributed by atoms with Crippen molar-refractivity contribution in [3.63, 3.8) is 0 Å². The molecule has 2 aromatic carbocycles. The zero-order valence-electron chi connectivity index (χ0n) is 16.0. The van der Waals surface area contributed by atoms with Crippen LogP contribution in [0.25, 0.3) is 11.1 Å². The van der Waals surface area contributed by atoms with Gasteiger partial charge in [0.15, 0.2) is 6.61 Å². The summed E-state index contributed by atoms with van der Waals surface area (Å²) in [5.41, 5.74) is 4.01. The summed E-state index contributed by atoms with van der Waals surface area (Å²) < 4.78 is 5.19. The Morgan fingerprint density at radius 1 is 0.897 bits per heavy atom. The minimum Gasteiger partial charge on any atom is -0.451 e. The van der Waals surface area contributed by atoms with E-state index in [1.807, 2.05) is 42.6 Å². The van der Waals surface area contributed by atoms with Gasteiger partial charge < -0.3 is 15.4 Å². The van der Waals surface area contributed by atoms with E-state index in [4.69, 9.17) is 4.74 Å². The highest BCUT2D eigenvalue weighted by Crippen LogP contribution is 2.29. The number of carbonyl (C=O) groups is 3. The number of hydrogen-bond donors (Lipinski definition) is 2. The molecule has 2 N–H and O–H groups in total. The lowest BCUT2D eigenvalue weighted by Crippen LogP contribution is -2.20. The molecule has 7 heteroatoms. The fourth-order valence-electron chi connectivity index (χ4n) is 2.66. The Kier molecular flexibility index (Phi) is 6.41. The predicted octanol–water partition coefficient (Wildman–Crippen LogP) is 4.48. The third-order valence-electron chi connectivity index (χ3n) is 4.04. The second-order valence-electron chi connectivity index (χ2n) is 6.41. The van der Waals surface area contributed by atoms with Crippen LogP contribution >= 0.6 is 11.3 Å². The summed E-state index contributed by atoms with van der Waals surface area (Å²) in [5.74, 6) is -1.15. The maximum absolute atomic E-state index is 12.4. The molecule has 0 saturated heterocycles. The van der Waals surface area contributed by atoms with E-state index < -0.39 is 18.5 Å². The number of anilines is 2. The molecule has 0 bridgehead atoms. The number of rotatable bonds is 6. The largest absolute Gasteiger partial charge is 0.451 e. The van der Waals surface area contributed by atoms with Crippen LogP contribution in [0.15, 0.2) is 60.0 Å². The quantitative estimate of drug-likeness (QED) is 0.589. The van der Waals surface area contributed by atoms with Crippen molar-refractivity contribution in [2.45, 2.75) is 13.8 Å². The SMILES string of the molecule is CC(=O)Nc1ccc(NC(=O)COC(=O)c2sccc2-c2ccc(C)cc2)cc1. The monoisotopic (exact) mass is 408 g/mol. The summed E-state index contributed by atoms with van der Waals surface area (Å²) in [7, 11) is 0. The Morgan fingerprint density at radius 2 is 1.52 bits per heavy atom. The van der Waals surface area contributed by atoms with Crippen molar-refractivity contribution in [1.82, 2.24) is 0 Å². The van der Waals surface area contributed by atoms with Gasteiger partial charge in [0.2, 0.25) is 5.91 Å². The first-order chi connectivity index (χ1) is 13.9. The molecule has 2 amide bonds. The zero-order valence-corrected chi connectivity index (χ0v) is 16.8. The van der Waals surface area contributed by atoms with Crippen molar-refractivity contribution in [2.24, 2.45) is 0 Å². The van der Waals surface area contributed by atoms with Gasteiger partial charge in [0.05, 0.1) is 0 Å². The molecule has 0 aliphatic heterocycles. The molecule has 0 radical (unpaired) electrons. The highest BCUT2D eigenvalue weighted by molar-refractivity contribution is 7.12. The van der Waals surface area contributed by atoms with Gasteiger partial charge in [-0.1, -0.05) is 29.8 Å². The Hall–Kier alpha value is -3.45. The first-order valence-electron chi connectivity index (χ1n) is 8.91. The van der Waals surface area contributed by atoms with Crippen LogP contribution in [0.2, 0.25) is 0 Å². The molecule has 0 fully saturated rings. The molecule has 0 aliphatic rings. The smallest absolute Gasteiger partial charge is 0.349 e. The number of benzene rings is 2. The van der Waals surface area contributed by atoms with E-state index >= 15 is 0 Å². The Labute approximate surface area is 172 Å². The van der Waals surface area contributed by atoms with E-state index in [0.717, 1.165) is 16.7 Å². The average Bonchev–Trinajstić information content (AvgIpc) is 3.18. The van der Waals surface area contributed by atoms with E-state index in [1.54, 1.807) is 24.3 Å². The molecule has 0 unspecified atom stereocenters. The molecule has 1 heterocycles. The Morgan fingerprint density at radius 3 is 2.14 bits per heavy atom. The van der Waals surface area contributed by atoms with Crippen LogP contribution < -0.4 is 10.6 Å². The number of nitrogens with one attached hydrogen (secondary N) is 2. The highest BCUT2D eigenvalue weighted by atomic mass is 32.1. The van der Waals surface area contributed by atoms with Gasteiger partial charge in [0.1, 0.15) is 4.88 Å². The first-order valence-corrected chi connectivity index (χ1v) is 9.79. The van der Waals surface area contributed by atoms with Gasteiger partial charge in [0, 0.05) is 23.9 Å². The Bertz CT molecular complexity index is 1020. The van der Waals surface area contributed by atoms with E-state index in [0.29, 0.717) is 16.3 Å². The lowest BCUT2D eigenvalue weighted by Gasteiger charge is -2.08. The molecule has 3 aromatic rings. The van der Waals surface area contributed by atoms with Gasteiger partial charge in [-0.3, -0.25) is 9.59 Å². The van der Waals surface area contributed by atoms with Crippen LogP contribution in [0.5, 0.6) is 0 Å². The fraction of sp³-hybridized carbons (Fsp3) is 0.136. The molecule has 6 nitrogen and oxygen atoms in total. The van der Waals surface area contributed by atoms with Gasteiger partial charge >= 0.3 is 5.97 Å². The summed E-state index contributed by atoms with van der Waals surface area (Å²) in [6.07, 6.45) is 0. The maximum Gasteiger partial charge on any atom is 0.349 e. The van der Waals surface area contributed by atoms with Crippen LogP contribution in [0.3, 0.4) is 0 Å². The third kappa shape index (κ3) is 5.52. The summed E-state index contributed by atoms with van der Waals surface area (Å²) in [6, 6.07) is 16.4. The third-order valence-corrected chi connectivity index (χ3v) is 4.93. The van der Waals surface area contributed by atoms with Crippen molar-refractivity contribution in [2.75, 3.05) is 17.2 Å². The lowest BCUT2D eigenvalue weighted by molar-refractivity contribution is -0.119. The number of hydrogen-bond acceptors (Lipinski definition) is 5. The molecular weight excluding hydrogens is 388 g/mol. The van der Waals surface area contributed by atoms with Gasteiger partial charge in [-0.15, -0.1) is 11.3 Å². The van der Waals surface area contributed by atoms with Gasteiger partial charge in [-0.2, -0.15) is 0 Å². The topological polar surface area (TPSA) is 84.5 Å². The predicted molar refractivity (Wildman–Crippen MR) is 114 cm³/mol. The fourth-order valence-corrected chi connectivity index (χ4v) is 3.47. The second-order valence-corrected chi connectivity index (χ2v) is 7.33. The van der Waals surface area contributed by atoms with Gasteiger partial charge in [-0.25, -0.2) is 4.79 Å². The minimum atomic E-state index is -0.535. The maximum atomic E-state index is 12.4. The summed E-state index contributed by atoms with van der Waals surface area (Å²) in [4.78, 5) is 36.0. The molecule has 0 aliphatic carbocycles. The average molecular weight is 408 g/mol. The summed E-state index contributed by atoms with van der Waals surface area (Å²) >= 11 is 1.28. The van der Waals surface area contributed by atoms with E-state index in [1.165, 1.54) is 18.3 Å². The summed E-state index contributed by atoms with van der Waals surface area (Å²) in [5, 5.41) is 7.12. The van der Waals surface area contributed by atoms with Crippen LogP contribution in [0, 0.1) is 6.92 Å². The van der Waals surface area contributed by atoms with Crippen molar-refractivity contribution in [3.05, 3.63) is 70.4 Å². The molecule has 148 valence electrons. The molecular formula is C22H20N2O4S. The lowest BCUT2D eigenvalue weighted by atomic mass is 10.1.